The third-order valence-electron chi connectivity index (χ3n) is 3.48. The molecule has 24 heavy (non-hydrogen) atoms. The molecule has 1 amide bonds. The summed E-state index contributed by atoms with van der Waals surface area (Å²) in [4.78, 5) is 35.7. The largest absolute Gasteiger partial charge is 0.473 e. The lowest BCUT2D eigenvalue weighted by Gasteiger charge is -2.25. The van der Waals surface area contributed by atoms with E-state index in [1.807, 2.05) is 12.1 Å². The first kappa shape index (κ1) is 19.4. The first-order valence-corrected chi connectivity index (χ1v) is 7.67. The molecule has 0 aromatic carbocycles. The number of carboxylic acid groups (broad SMARTS) is 2. The highest BCUT2D eigenvalue weighted by molar-refractivity contribution is 6.27. The van der Waals surface area contributed by atoms with E-state index in [0.717, 1.165) is 18.4 Å². The van der Waals surface area contributed by atoms with E-state index in [1.54, 1.807) is 24.3 Å². The molecule has 0 bridgehead atoms. The summed E-state index contributed by atoms with van der Waals surface area (Å²) < 4.78 is 5.50. The minimum absolute atomic E-state index is 0.117. The van der Waals surface area contributed by atoms with Crippen molar-refractivity contribution >= 4 is 18.0 Å². The Bertz CT molecular complexity index is 531. The molecule has 1 heterocycles. The van der Waals surface area contributed by atoms with Crippen LogP contribution in [0.1, 0.15) is 37.7 Å². The smallest absolute Gasteiger partial charge is 0.414 e. The van der Waals surface area contributed by atoms with Crippen molar-refractivity contribution < 1.29 is 29.3 Å². The van der Waals surface area contributed by atoms with Crippen molar-refractivity contribution in [3.63, 3.8) is 0 Å². The van der Waals surface area contributed by atoms with E-state index in [-0.39, 0.29) is 12.2 Å². The van der Waals surface area contributed by atoms with Crippen molar-refractivity contribution in [3.8, 4) is 0 Å². The van der Waals surface area contributed by atoms with Crippen LogP contribution in [0.25, 0.3) is 0 Å². The maximum Gasteiger partial charge on any atom is 0.414 e. The lowest BCUT2D eigenvalue weighted by molar-refractivity contribution is -0.159. The summed E-state index contributed by atoms with van der Waals surface area (Å²) >= 11 is 0. The Kier molecular flexibility index (Phi) is 8.24. The second kappa shape index (κ2) is 10.2. The van der Waals surface area contributed by atoms with Gasteiger partial charge in [0.05, 0.1) is 0 Å². The Morgan fingerprint density at radius 2 is 1.67 bits per heavy atom. The highest BCUT2D eigenvalue weighted by atomic mass is 16.6. The summed E-state index contributed by atoms with van der Waals surface area (Å²) in [6.07, 6.45) is 8.98. The van der Waals surface area contributed by atoms with Gasteiger partial charge in [0.15, 0.2) is 0 Å². The van der Waals surface area contributed by atoms with Crippen LogP contribution in [-0.2, 0) is 20.9 Å². The van der Waals surface area contributed by atoms with Crippen LogP contribution in [0.4, 0.5) is 4.79 Å². The fraction of sp³-hybridized carbons (Fsp3) is 0.500. The highest BCUT2D eigenvalue weighted by Crippen LogP contribution is 2.21. The third-order valence-corrected chi connectivity index (χ3v) is 3.48. The number of carbonyl (C=O) groups excluding carboxylic acids is 1. The van der Waals surface area contributed by atoms with Crippen LogP contribution in [0.3, 0.4) is 0 Å². The quantitative estimate of drug-likeness (QED) is 0.811. The zero-order valence-electron chi connectivity index (χ0n) is 13.6. The zero-order chi connectivity index (χ0) is 17.9. The Labute approximate surface area is 140 Å². The van der Waals surface area contributed by atoms with E-state index >= 15 is 0 Å². The molecule has 0 aliphatic heterocycles. The Hall–Kier alpha value is -2.64. The van der Waals surface area contributed by atoms with Crippen LogP contribution in [0, 0.1) is 0 Å². The Balaban J connectivity index is 0.000000413. The average molecular weight is 338 g/mol. The van der Waals surface area contributed by atoms with Crippen LogP contribution in [0.5, 0.6) is 0 Å². The van der Waals surface area contributed by atoms with Gasteiger partial charge in [0.2, 0.25) is 0 Å². The molecule has 2 N–H and O–H groups in total. The van der Waals surface area contributed by atoms with E-state index in [9.17, 15) is 4.79 Å². The standard InChI is InChI=1S/C14H20N2O2.C2H2O4/c1-16(11-12-7-9-15-10-8-12)14(17)18-13-5-3-2-4-6-13;3-1(4)2(5)6/h7-10,13H,2-6,11H2,1H3;(H,3,4)(H,5,6). The van der Waals surface area contributed by atoms with Crippen molar-refractivity contribution in [1.29, 1.82) is 0 Å². The molecule has 0 unspecified atom stereocenters. The van der Waals surface area contributed by atoms with Gasteiger partial charge in [-0.25, -0.2) is 14.4 Å². The molecule has 0 radical (unpaired) electrons. The normalized spacial score (nSPS) is 14.0. The Morgan fingerprint density at radius 3 is 2.17 bits per heavy atom. The SMILES string of the molecule is CN(Cc1ccncc1)C(=O)OC1CCCCC1.O=C(O)C(=O)O. The molecule has 132 valence electrons. The second-order valence-corrected chi connectivity index (χ2v) is 5.47. The maximum atomic E-state index is 11.9. The number of pyridine rings is 1. The zero-order valence-corrected chi connectivity index (χ0v) is 13.6. The van der Waals surface area contributed by atoms with Crippen molar-refractivity contribution in [2.45, 2.75) is 44.8 Å². The summed E-state index contributed by atoms with van der Waals surface area (Å²) in [5.41, 5.74) is 1.06. The molecular formula is C16H22N2O6. The molecular weight excluding hydrogens is 316 g/mol. The summed E-state index contributed by atoms with van der Waals surface area (Å²) in [7, 11) is 1.77. The van der Waals surface area contributed by atoms with Gasteiger partial charge < -0.3 is 19.8 Å². The average Bonchev–Trinajstić information content (AvgIpc) is 2.57. The van der Waals surface area contributed by atoms with Gasteiger partial charge in [-0.2, -0.15) is 0 Å². The van der Waals surface area contributed by atoms with Gasteiger partial charge in [0, 0.05) is 26.0 Å². The molecule has 1 aliphatic carbocycles. The second-order valence-electron chi connectivity index (χ2n) is 5.47. The first-order chi connectivity index (χ1) is 11.4. The van der Waals surface area contributed by atoms with E-state index < -0.39 is 11.9 Å². The lowest BCUT2D eigenvalue weighted by Crippen LogP contribution is -2.31. The third kappa shape index (κ3) is 7.57. The van der Waals surface area contributed by atoms with E-state index in [2.05, 4.69) is 4.98 Å². The van der Waals surface area contributed by atoms with Crippen LogP contribution >= 0.6 is 0 Å². The molecule has 0 saturated heterocycles. The molecule has 1 aromatic heterocycles. The predicted molar refractivity (Wildman–Crippen MR) is 84.3 cm³/mol. The van der Waals surface area contributed by atoms with Gasteiger partial charge in [-0.3, -0.25) is 4.98 Å². The number of rotatable bonds is 3. The fourth-order valence-electron chi connectivity index (χ4n) is 2.24. The molecule has 8 heteroatoms. The molecule has 0 spiro atoms. The number of aromatic nitrogens is 1. The number of carbonyl (C=O) groups is 3. The van der Waals surface area contributed by atoms with E-state index in [0.29, 0.717) is 6.54 Å². The van der Waals surface area contributed by atoms with Gasteiger partial charge >= 0.3 is 18.0 Å². The van der Waals surface area contributed by atoms with E-state index in [4.69, 9.17) is 24.5 Å². The van der Waals surface area contributed by atoms with Crippen molar-refractivity contribution in [2.24, 2.45) is 0 Å². The molecule has 1 fully saturated rings. The molecule has 1 aliphatic rings. The van der Waals surface area contributed by atoms with Gasteiger partial charge in [-0.1, -0.05) is 6.42 Å². The minimum atomic E-state index is -1.82. The number of hydrogen-bond acceptors (Lipinski definition) is 5. The van der Waals surface area contributed by atoms with Gasteiger partial charge in [0.25, 0.3) is 0 Å². The van der Waals surface area contributed by atoms with Gasteiger partial charge in [-0.05, 0) is 43.4 Å². The number of ether oxygens (including phenoxy) is 1. The van der Waals surface area contributed by atoms with Crippen LogP contribution < -0.4 is 0 Å². The number of aliphatic carboxylic acids is 2. The number of nitrogens with zero attached hydrogens (tertiary/aromatic N) is 2. The van der Waals surface area contributed by atoms with Gasteiger partial charge in [0.1, 0.15) is 6.10 Å². The van der Waals surface area contributed by atoms with Gasteiger partial charge in [-0.15, -0.1) is 0 Å². The summed E-state index contributed by atoms with van der Waals surface area (Å²) in [5, 5.41) is 14.8. The topological polar surface area (TPSA) is 117 Å². The minimum Gasteiger partial charge on any atom is -0.473 e. The Morgan fingerprint density at radius 1 is 1.12 bits per heavy atom. The van der Waals surface area contributed by atoms with Crippen molar-refractivity contribution in [3.05, 3.63) is 30.1 Å². The number of hydrogen-bond donors (Lipinski definition) is 2. The van der Waals surface area contributed by atoms with Crippen LogP contribution in [0.15, 0.2) is 24.5 Å². The van der Waals surface area contributed by atoms with E-state index in [1.165, 1.54) is 19.3 Å². The molecule has 1 saturated carbocycles. The monoisotopic (exact) mass is 338 g/mol. The number of carboxylic acids is 2. The summed E-state index contributed by atoms with van der Waals surface area (Å²) in [6, 6.07) is 3.81. The molecule has 8 nitrogen and oxygen atoms in total. The predicted octanol–water partition coefficient (Wildman–Crippen LogP) is 2.14. The highest BCUT2D eigenvalue weighted by Gasteiger charge is 2.19. The van der Waals surface area contributed by atoms with Crippen molar-refractivity contribution in [1.82, 2.24) is 9.88 Å². The first-order valence-electron chi connectivity index (χ1n) is 7.67. The fourth-order valence-corrected chi connectivity index (χ4v) is 2.24. The number of amides is 1. The van der Waals surface area contributed by atoms with Crippen LogP contribution in [0.2, 0.25) is 0 Å². The summed E-state index contributed by atoms with van der Waals surface area (Å²) in [5.74, 6) is -3.65. The lowest BCUT2D eigenvalue weighted by atomic mass is 9.98. The van der Waals surface area contributed by atoms with Crippen molar-refractivity contribution in [2.75, 3.05) is 7.05 Å². The maximum absolute atomic E-state index is 11.9. The summed E-state index contributed by atoms with van der Waals surface area (Å²) in [6.45, 7) is 0.564. The van der Waals surface area contributed by atoms with Crippen LogP contribution in [-0.4, -0.2) is 51.3 Å². The molecule has 0 atom stereocenters. The molecule has 1 aromatic rings. The molecule has 2 rings (SSSR count).